The molecule has 0 unspecified atom stereocenters. The molecule has 19 aromatic rings. The van der Waals surface area contributed by atoms with Gasteiger partial charge in [0, 0.05) is 10.8 Å². The number of hydrogen-bond acceptors (Lipinski definition) is 1. The van der Waals surface area contributed by atoms with Crippen molar-refractivity contribution in [1.29, 1.82) is 0 Å². The van der Waals surface area contributed by atoms with E-state index in [1.165, 1.54) is 164 Å². The average Bonchev–Trinajstić information content (AvgIpc) is 2.05. The number of fused-ring (bicyclic) bond motifs is 6. The molecule has 19 rings (SSSR count). The standard InChI is InChI=1S/C44H26.C42H26O/c1-2-6-27(7-3-1)34-24-35(37-20-16-32-14-12-28-8-4-10-30-18-22-39(37)43(32)41(28)30)26-36(25-34)38-21-17-33-15-13-29-9-5-11-31-19-23-40(38)44(33)42(29)31;1-2-12-27(13-3-1)28-16-10-17-31(24-28)40-32-18-6-8-20-34(32)41(35-21-9-7-19-33(35)40)36-22-11-23-38-42(36)37-25-29-14-4-5-15-30(29)26-39(37)43-38/h1-26H;1-26H. The van der Waals surface area contributed by atoms with Crippen LogP contribution in [-0.4, -0.2) is 0 Å². The molecule has 0 amide bonds. The minimum absolute atomic E-state index is 0.913. The van der Waals surface area contributed by atoms with Crippen LogP contribution in [0.15, 0.2) is 320 Å². The van der Waals surface area contributed by atoms with Crippen LogP contribution in [-0.2, 0) is 0 Å². The van der Waals surface area contributed by atoms with Crippen molar-refractivity contribution in [1.82, 2.24) is 0 Å². The second-order valence-electron chi connectivity index (χ2n) is 23.4. The van der Waals surface area contributed by atoms with Gasteiger partial charge in [-0.1, -0.05) is 273 Å². The van der Waals surface area contributed by atoms with Crippen molar-refractivity contribution in [3.63, 3.8) is 0 Å². The summed E-state index contributed by atoms with van der Waals surface area (Å²) >= 11 is 0. The molecule has 0 saturated heterocycles. The fourth-order valence-corrected chi connectivity index (χ4v) is 14.6. The van der Waals surface area contributed by atoms with Crippen LogP contribution in [0.25, 0.3) is 186 Å². The van der Waals surface area contributed by atoms with Crippen molar-refractivity contribution in [2.45, 2.75) is 0 Å². The molecule has 0 spiro atoms. The van der Waals surface area contributed by atoms with Crippen LogP contribution in [0.3, 0.4) is 0 Å². The predicted molar refractivity (Wildman–Crippen MR) is 373 cm³/mol. The molecule has 0 saturated carbocycles. The van der Waals surface area contributed by atoms with Crippen molar-refractivity contribution in [2.75, 3.05) is 0 Å². The fraction of sp³-hybridized carbons (Fsp3) is 0. The van der Waals surface area contributed by atoms with Gasteiger partial charge < -0.3 is 4.42 Å². The van der Waals surface area contributed by atoms with Gasteiger partial charge in [-0.3, -0.25) is 0 Å². The molecule has 87 heavy (non-hydrogen) atoms. The van der Waals surface area contributed by atoms with E-state index in [1.807, 2.05) is 0 Å². The minimum atomic E-state index is 0.913. The summed E-state index contributed by atoms with van der Waals surface area (Å²) in [5, 5.41) is 25.5. The van der Waals surface area contributed by atoms with Gasteiger partial charge in [0.15, 0.2) is 0 Å². The molecule has 0 N–H and O–H groups in total. The lowest BCUT2D eigenvalue weighted by molar-refractivity contribution is 0.669. The topological polar surface area (TPSA) is 13.1 Å². The van der Waals surface area contributed by atoms with Crippen molar-refractivity contribution < 1.29 is 4.42 Å². The molecule has 1 aromatic heterocycles. The van der Waals surface area contributed by atoms with Crippen LogP contribution in [0, 0.1) is 0 Å². The lowest BCUT2D eigenvalue weighted by Crippen LogP contribution is -1.91. The van der Waals surface area contributed by atoms with Crippen LogP contribution < -0.4 is 0 Å². The Morgan fingerprint density at radius 3 is 1.11 bits per heavy atom. The smallest absolute Gasteiger partial charge is 0.136 e. The second-order valence-corrected chi connectivity index (χ2v) is 23.4. The Bertz CT molecular complexity index is 5670. The van der Waals surface area contributed by atoms with Gasteiger partial charge in [-0.2, -0.15) is 0 Å². The fourth-order valence-electron chi connectivity index (χ4n) is 14.6. The Labute approximate surface area is 502 Å². The molecule has 402 valence electrons. The Morgan fingerprint density at radius 1 is 0.161 bits per heavy atom. The highest BCUT2D eigenvalue weighted by Gasteiger charge is 2.22. The van der Waals surface area contributed by atoms with Gasteiger partial charge in [0.05, 0.1) is 0 Å². The van der Waals surface area contributed by atoms with Crippen molar-refractivity contribution in [3.05, 3.63) is 315 Å². The first-order valence-corrected chi connectivity index (χ1v) is 30.1. The quantitative estimate of drug-likeness (QED) is 0.119. The Morgan fingerprint density at radius 2 is 0.552 bits per heavy atom. The first-order valence-electron chi connectivity index (χ1n) is 30.1. The van der Waals surface area contributed by atoms with Crippen LogP contribution >= 0.6 is 0 Å². The molecular weight excluding hydrogens is 1050 g/mol. The predicted octanol–water partition coefficient (Wildman–Crippen LogP) is 24.5. The zero-order valence-electron chi connectivity index (χ0n) is 47.4. The van der Waals surface area contributed by atoms with E-state index in [2.05, 4.69) is 315 Å². The van der Waals surface area contributed by atoms with Crippen LogP contribution in [0.5, 0.6) is 0 Å². The van der Waals surface area contributed by atoms with E-state index >= 15 is 0 Å². The molecule has 0 aliphatic heterocycles. The molecule has 18 aromatic carbocycles. The molecule has 0 fully saturated rings. The number of rotatable bonds is 6. The van der Waals surface area contributed by atoms with Gasteiger partial charge in [-0.25, -0.2) is 0 Å². The monoisotopic (exact) mass is 1100 g/mol. The lowest BCUT2D eigenvalue weighted by atomic mass is 9.84. The summed E-state index contributed by atoms with van der Waals surface area (Å²) in [6.45, 7) is 0. The summed E-state index contributed by atoms with van der Waals surface area (Å²) in [7, 11) is 0. The first kappa shape index (κ1) is 49.1. The maximum Gasteiger partial charge on any atom is 0.136 e. The molecule has 0 aliphatic carbocycles. The van der Waals surface area contributed by atoms with E-state index in [-0.39, 0.29) is 0 Å². The van der Waals surface area contributed by atoms with Gasteiger partial charge >= 0.3 is 0 Å². The molecular formula is C86H52O. The highest BCUT2D eigenvalue weighted by molar-refractivity contribution is 6.29. The molecule has 0 atom stereocenters. The second kappa shape index (κ2) is 19.6. The van der Waals surface area contributed by atoms with Crippen molar-refractivity contribution >= 4 is 119 Å². The SMILES string of the molecule is c1ccc(-c2cc(-c3ccc4ccc5cccc6ccc3c4c56)cc(-c3ccc4ccc5cccc6ccc3c4c56)c2)cc1.c1ccc(-c2cccc(-c3c4ccccc4c(-c4cccc5oc6cc7ccccc7cc6c45)c4ccccc34)c2)cc1. The number of benzene rings is 18. The molecule has 0 aliphatic rings. The van der Waals surface area contributed by atoms with Gasteiger partial charge in [0.1, 0.15) is 11.2 Å². The summed E-state index contributed by atoms with van der Waals surface area (Å²) in [5.41, 5.74) is 16.7. The van der Waals surface area contributed by atoms with Gasteiger partial charge in [-0.15, -0.1) is 0 Å². The van der Waals surface area contributed by atoms with Crippen LogP contribution in [0.1, 0.15) is 0 Å². The number of hydrogen-bond donors (Lipinski definition) is 0. The average molecular weight is 1100 g/mol. The molecule has 1 heterocycles. The summed E-state index contributed by atoms with van der Waals surface area (Å²) in [6.07, 6.45) is 0. The van der Waals surface area contributed by atoms with Gasteiger partial charge in [0.25, 0.3) is 0 Å². The maximum atomic E-state index is 6.50. The lowest BCUT2D eigenvalue weighted by Gasteiger charge is -2.18. The minimum Gasteiger partial charge on any atom is -0.456 e. The van der Waals surface area contributed by atoms with Gasteiger partial charge in [0.2, 0.25) is 0 Å². The van der Waals surface area contributed by atoms with Gasteiger partial charge in [-0.05, 0) is 206 Å². The van der Waals surface area contributed by atoms with E-state index in [0.717, 1.165) is 21.9 Å². The summed E-state index contributed by atoms with van der Waals surface area (Å²) < 4.78 is 6.50. The molecule has 1 heteroatoms. The van der Waals surface area contributed by atoms with Crippen molar-refractivity contribution in [2.24, 2.45) is 0 Å². The third-order valence-corrected chi connectivity index (χ3v) is 18.5. The van der Waals surface area contributed by atoms with Crippen LogP contribution in [0.2, 0.25) is 0 Å². The third-order valence-electron chi connectivity index (χ3n) is 18.5. The zero-order valence-corrected chi connectivity index (χ0v) is 47.4. The molecule has 1 nitrogen and oxygen atoms in total. The van der Waals surface area contributed by atoms with E-state index in [4.69, 9.17) is 4.42 Å². The van der Waals surface area contributed by atoms with Crippen molar-refractivity contribution in [3.8, 4) is 66.8 Å². The first-order chi connectivity index (χ1) is 43.1. The Hall–Kier alpha value is -11.4. The summed E-state index contributed by atoms with van der Waals surface area (Å²) in [5.74, 6) is 0. The Kier molecular flexibility index (Phi) is 11.1. The summed E-state index contributed by atoms with van der Waals surface area (Å²) in [6, 6.07) is 115. The Balaban J connectivity index is 0.000000131. The largest absolute Gasteiger partial charge is 0.456 e. The summed E-state index contributed by atoms with van der Waals surface area (Å²) in [4.78, 5) is 0. The highest BCUT2D eigenvalue weighted by atomic mass is 16.3. The van der Waals surface area contributed by atoms with E-state index in [1.54, 1.807) is 0 Å². The molecule has 0 bridgehead atoms. The normalized spacial score (nSPS) is 11.9. The third kappa shape index (κ3) is 7.87. The zero-order chi connectivity index (χ0) is 57.1. The van der Waals surface area contributed by atoms with E-state index < -0.39 is 0 Å². The maximum absolute atomic E-state index is 6.50. The van der Waals surface area contributed by atoms with E-state index in [9.17, 15) is 0 Å². The van der Waals surface area contributed by atoms with E-state index in [0.29, 0.717) is 0 Å². The van der Waals surface area contributed by atoms with Crippen LogP contribution in [0.4, 0.5) is 0 Å². The number of furan rings is 1. The molecule has 0 radical (unpaired) electrons. The highest BCUT2D eigenvalue weighted by Crippen LogP contribution is 2.49.